The average molecular weight is 354 g/mol. The molecule has 2 heterocycles. The smallest absolute Gasteiger partial charge is 0.321 e. The molecule has 2 aliphatic rings. The molecule has 138 valence electrons. The summed E-state index contributed by atoms with van der Waals surface area (Å²) in [5.74, 6) is 2.47. The topological polar surface area (TPSA) is 71.3 Å². The van der Waals surface area contributed by atoms with Gasteiger partial charge in [-0.2, -0.15) is 4.98 Å². The number of benzene rings is 1. The van der Waals surface area contributed by atoms with Crippen LogP contribution in [-0.4, -0.2) is 34.2 Å². The Labute approximate surface area is 154 Å². The number of carbonyl (C=O) groups is 1. The summed E-state index contributed by atoms with van der Waals surface area (Å²) in [5, 5.41) is 7.13. The first kappa shape index (κ1) is 17.1. The summed E-state index contributed by atoms with van der Waals surface area (Å²) >= 11 is 0. The fraction of sp³-hybridized carbons (Fsp3) is 0.550. The first-order chi connectivity index (χ1) is 12.6. The maximum Gasteiger partial charge on any atom is 0.321 e. The summed E-state index contributed by atoms with van der Waals surface area (Å²) in [6, 6.07) is 6.09. The van der Waals surface area contributed by atoms with E-state index in [4.69, 9.17) is 4.52 Å². The fourth-order valence-corrected chi connectivity index (χ4v) is 3.77. The van der Waals surface area contributed by atoms with Crippen LogP contribution in [0.3, 0.4) is 0 Å². The van der Waals surface area contributed by atoms with Crippen molar-refractivity contribution in [3.63, 3.8) is 0 Å². The largest absolute Gasteiger partial charge is 0.339 e. The molecule has 2 amide bonds. The van der Waals surface area contributed by atoms with Gasteiger partial charge in [-0.15, -0.1) is 0 Å². The Balaban J connectivity index is 1.35. The number of likely N-dealkylation sites (tertiary alicyclic amines) is 1. The number of hydrogen-bond donors (Lipinski definition) is 1. The monoisotopic (exact) mass is 354 g/mol. The number of amides is 2. The number of nitrogens with one attached hydrogen (secondary N) is 1. The van der Waals surface area contributed by atoms with E-state index in [1.807, 2.05) is 30.9 Å². The average Bonchev–Trinajstić information content (AvgIpc) is 3.34. The molecule has 0 bridgehead atoms. The van der Waals surface area contributed by atoms with Crippen LogP contribution >= 0.6 is 0 Å². The number of piperidine rings is 1. The van der Waals surface area contributed by atoms with E-state index < -0.39 is 0 Å². The Morgan fingerprint density at radius 2 is 2.00 bits per heavy atom. The number of aryl methyl sites for hydroxylation is 2. The Morgan fingerprint density at radius 3 is 2.73 bits per heavy atom. The zero-order chi connectivity index (χ0) is 18.1. The lowest BCUT2D eigenvalue weighted by atomic mass is 9.95. The van der Waals surface area contributed by atoms with Crippen LogP contribution in [0.2, 0.25) is 0 Å². The van der Waals surface area contributed by atoms with Gasteiger partial charge in [-0.1, -0.05) is 11.2 Å². The number of aromatic nitrogens is 2. The molecule has 4 rings (SSSR count). The summed E-state index contributed by atoms with van der Waals surface area (Å²) < 4.78 is 5.41. The zero-order valence-corrected chi connectivity index (χ0v) is 15.5. The molecule has 1 aliphatic carbocycles. The molecule has 6 nitrogen and oxygen atoms in total. The molecule has 1 aliphatic heterocycles. The van der Waals surface area contributed by atoms with Crippen molar-refractivity contribution in [2.75, 3.05) is 18.4 Å². The van der Waals surface area contributed by atoms with Crippen molar-refractivity contribution in [1.82, 2.24) is 15.0 Å². The Kier molecular flexibility index (Phi) is 4.66. The van der Waals surface area contributed by atoms with Crippen molar-refractivity contribution in [3.05, 3.63) is 41.0 Å². The Hall–Kier alpha value is -2.37. The lowest BCUT2D eigenvalue weighted by Crippen LogP contribution is -2.42. The number of nitrogens with zero attached hydrogens (tertiary/aromatic N) is 3. The van der Waals surface area contributed by atoms with Gasteiger partial charge in [0.05, 0.1) is 0 Å². The molecule has 1 aromatic carbocycles. The van der Waals surface area contributed by atoms with E-state index in [9.17, 15) is 4.79 Å². The van der Waals surface area contributed by atoms with E-state index in [1.165, 1.54) is 12.8 Å². The molecule has 1 unspecified atom stereocenters. The number of urea groups is 1. The van der Waals surface area contributed by atoms with E-state index >= 15 is 0 Å². The molecule has 6 heteroatoms. The van der Waals surface area contributed by atoms with E-state index in [0.29, 0.717) is 17.7 Å². The molecule has 1 N–H and O–H groups in total. The third kappa shape index (κ3) is 4.06. The molecule has 1 aromatic heterocycles. The van der Waals surface area contributed by atoms with Crippen molar-refractivity contribution in [3.8, 4) is 0 Å². The van der Waals surface area contributed by atoms with Crippen molar-refractivity contribution in [1.29, 1.82) is 0 Å². The molecular formula is C20H26N4O2. The van der Waals surface area contributed by atoms with Crippen LogP contribution in [0.25, 0.3) is 0 Å². The minimum absolute atomic E-state index is 0.0242. The van der Waals surface area contributed by atoms with Gasteiger partial charge in [-0.25, -0.2) is 4.79 Å². The number of carbonyl (C=O) groups excluding carboxylic acids is 1. The second kappa shape index (κ2) is 7.09. The van der Waals surface area contributed by atoms with E-state index in [1.54, 1.807) is 0 Å². The minimum atomic E-state index is -0.0242. The fourth-order valence-electron chi connectivity index (χ4n) is 3.77. The number of rotatable bonds is 4. The SMILES string of the molecule is Cc1cc(C)cc(NC(=O)N2CCCC(Cc3nc(C4CC4)no3)C2)c1. The van der Waals surface area contributed by atoms with Crippen LogP contribution in [0.1, 0.15) is 54.4 Å². The summed E-state index contributed by atoms with van der Waals surface area (Å²) in [6.07, 6.45) is 5.21. The minimum Gasteiger partial charge on any atom is -0.339 e. The van der Waals surface area contributed by atoms with Gasteiger partial charge in [0.25, 0.3) is 0 Å². The van der Waals surface area contributed by atoms with Gasteiger partial charge in [0.1, 0.15) is 0 Å². The van der Waals surface area contributed by atoms with Gasteiger partial charge >= 0.3 is 6.03 Å². The molecule has 0 radical (unpaired) electrons. The third-order valence-electron chi connectivity index (χ3n) is 5.17. The van der Waals surface area contributed by atoms with E-state index in [0.717, 1.165) is 55.0 Å². The number of anilines is 1. The third-order valence-corrected chi connectivity index (χ3v) is 5.17. The molecular weight excluding hydrogens is 328 g/mol. The summed E-state index contributed by atoms with van der Waals surface area (Å²) in [4.78, 5) is 19.1. The van der Waals surface area contributed by atoms with Crippen molar-refractivity contribution in [2.45, 2.75) is 51.9 Å². The Morgan fingerprint density at radius 1 is 1.23 bits per heavy atom. The van der Waals surface area contributed by atoms with Crippen LogP contribution in [0.4, 0.5) is 10.5 Å². The molecule has 26 heavy (non-hydrogen) atoms. The van der Waals surface area contributed by atoms with Gasteiger partial charge in [0.15, 0.2) is 5.82 Å². The van der Waals surface area contributed by atoms with Crippen molar-refractivity contribution >= 4 is 11.7 Å². The highest BCUT2D eigenvalue weighted by molar-refractivity contribution is 5.89. The normalized spacial score (nSPS) is 20.2. The quantitative estimate of drug-likeness (QED) is 0.899. The second-order valence-corrected chi connectivity index (χ2v) is 7.79. The molecule has 2 aromatic rings. The molecule has 2 fully saturated rings. The van der Waals surface area contributed by atoms with Gasteiger partial charge in [0.2, 0.25) is 5.89 Å². The molecule has 0 spiro atoms. The van der Waals surface area contributed by atoms with Crippen LogP contribution in [0.5, 0.6) is 0 Å². The van der Waals surface area contributed by atoms with Gasteiger partial charge < -0.3 is 14.7 Å². The molecule has 1 saturated carbocycles. The predicted octanol–water partition coefficient (Wildman–Crippen LogP) is 4.05. The molecule has 1 saturated heterocycles. The van der Waals surface area contributed by atoms with Crippen molar-refractivity contribution in [2.24, 2.45) is 5.92 Å². The predicted molar refractivity (Wildman–Crippen MR) is 99.2 cm³/mol. The van der Waals surface area contributed by atoms with Crippen LogP contribution in [0.15, 0.2) is 22.7 Å². The number of hydrogen-bond acceptors (Lipinski definition) is 4. The van der Waals surface area contributed by atoms with Crippen LogP contribution in [0, 0.1) is 19.8 Å². The van der Waals surface area contributed by atoms with Gasteiger partial charge in [-0.3, -0.25) is 0 Å². The van der Waals surface area contributed by atoms with E-state index in [-0.39, 0.29) is 6.03 Å². The van der Waals surface area contributed by atoms with E-state index in [2.05, 4.69) is 21.5 Å². The highest BCUT2D eigenvalue weighted by Gasteiger charge is 2.30. The van der Waals surface area contributed by atoms with Crippen molar-refractivity contribution < 1.29 is 9.32 Å². The lowest BCUT2D eigenvalue weighted by Gasteiger charge is -2.32. The lowest BCUT2D eigenvalue weighted by molar-refractivity contribution is 0.173. The summed E-state index contributed by atoms with van der Waals surface area (Å²) in [5.41, 5.74) is 3.17. The maximum atomic E-state index is 12.7. The van der Waals surface area contributed by atoms with Crippen LogP contribution in [-0.2, 0) is 6.42 Å². The van der Waals surface area contributed by atoms with Crippen LogP contribution < -0.4 is 5.32 Å². The Bertz CT molecular complexity index is 777. The summed E-state index contributed by atoms with van der Waals surface area (Å²) in [7, 11) is 0. The first-order valence-electron chi connectivity index (χ1n) is 9.53. The van der Waals surface area contributed by atoms with Gasteiger partial charge in [0, 0.05) is 31.1 Å². The second-order valence-electron chi connectivity index (χ2n) is 7.79. The molecule has 1 atom stereocenters. The highest BCUT2D eigenvalue weighted by atomic mass is 16.5. The standard InChI is InChI=1S/C20H26N4O2/c1-13-8-14(2)10-17(9-13)21-20(25)24-7-3-4-15(12-24)11-18-22-19(23-26-18)16-5-6-16/h8-10,15-16H,3-7,11-12H2,1-2H3,(H,21,25). The summed E-state index contributed by atoms with van der Waals surface area (Å²) in [6.45, 7) is 5.61. The zero-order valence-electron chi connectivity index (χ0n) is 15.5. The first-order valence-corrected chi connectivity index (χ1v) is 9.53. The highest BCUT2D eigenvalue weighted by Crippen LogP contribution is 2.38. The van der Waals surface area contributed by atoms with Gasteiger partial charge in [-0.05, 0) is 68.7 Å². The maximum absolute atomic E-state index is 12.7.